The van der Waals surface area contributed by atoms with Gasteiger partial charge in [0, 0.05) is 17.7 Å². The Morgan fingerprint density at radius 1 is 1.00 bits per heavy atom. The summed E-state index contributed by atoms with van der Waals surface area (Å²) in [5.74, 6) is 1.28. The summed E-state index contributed by atoms with van der Waals surface area (Å²) in [6, 6.07) is 14.7. The van der Waals surface area contributed by atoms with Crippen molar-refractivity contribution in [2.45, 2.75) is 6.54 Å². The number of benzene rings is 2. The third kappa shape index (κ3) is 4.23. The molecular weight excluding hydrogens is 365 g/mol. The quantitative estimate of drug-likeness (QED) is 0.292. The van der Waals surface area contributed by atoms with Gasteiger partial charge in [0.2, 0.25) is 0 Å². The van der Waals surface area contributed by atoms with Crippen molar-refractivity contribution in [1.29, 1.82) is 0 Å². The highest BCUT2D eigenvalue weighted by Gasteiger charge is 2.07. The van der Waals surface area contributed by atoms with E-state index in [0.717, 1.165) is 5.56 Å². The fourth-order valence-corrected chi connectivity index (χ4v) is 2.39. The first kappa shape index (κ1) is 17.1. The lowest BCUT2D eigenvalue weighted by Crippen LogP contribution is -1.85. The van der Waals surface area contributed by atoms with Crippen LogP contribution >= 0.6 is 23.2 Å². The van der Waals surface area contributed by atoms with Crippen LogP contribution in [0, 0.1) is 10.1 Å². The molecule has 2 aromatic carbocycles. The Hall–Kier alpha value is -2.70. The van der Waals surface area contributed by atoms with Crippen LogP contribution in [0.2, 0.25) is 10.0 Å². The molecule has 6 nitrogen and oxygen atoms in total. The van der Waals surface area contributed by atoms with E-state index in [9.17, 15) is 10.1 Å². The van der Waals surface area contributed by atoms with E-state index in [1.54, 1.807) is 18.2 Å². The number of azo groups is 1. The van der Waals surface area contributed by atoms with Gasteiger partial charge in [-0.3, -0.25) is 10.1 Å². The van der Waals surface area contributed by atoms with Crippen LogP contribution in [-0.2, 0) is 6.54 Å². The van der Waals surface area contributed by atoms with Crippen molar-refractivity contribution >= 4 is 34.6 Å². The van der Waals surface area contributed by atoms with Crippen molar-refractivity contribution in [2.24, 2.45) is 10.2 Å². The van der Waals surface area contributed by atoms with Crippen molar-refractivity contribution in [3.8, 4) is 11.3 Å². The summed E-state index contributed by atoms with van der Waals surface area (Å²) in [5, 5.41) is 19.6. The molecule has 0 saturated heterocycles. The highest BCUT2D eigenvalue weighted by Crippen LogP contribution is 2.29. The molecule has 0 bridgehead atoms. The van der Waals surface area contributed by atoms with Gasteiger partial charge in [0.05, 0.1) is 20.7 Å². The van der Waals surface area contributed by atoms with Crippen LogP contribution in [0.5, 0.6) is 0 Å². The van der Waals surface area contributed by atoms with Crippen LogP contribution in [0.4, 0.5) is 11.4 Å². The van der Waals surface area contributed by atoms with Crippen molar-refractivity contribution in [3.63, 3.8) is 0 Å². The Morgan fingerprint density at radius 3 is 2.44 bits per heavy atom. The second-order valence-corrected chi connectivity index (χ2v) is 5.88. The Labute approximate surface area is 152 Å². The zero-order valence-electron chi connectivity index (χ0n) is 12.7. The van der Waals surface area contributed by atoms with Gasteiger partial charge in [-0.05, 0) is 42.5 Å². The molecule has 3 aromatic rings. The second-order valence-electron chi connectivity index (χ2n) is 5.07. The maximum Gasteiger partial charge on any atom is 0.269 e. The maximum absolute atomic E-state index is 10.6. The van der Waals surface area contributed by atoms with Gasteiger partial charge in [0.25, 0.3) is 5.69 Å². The summed E-state index contributed by atoms with van der Waals surface area (Å²) < 4.78 is 5.71. The van der Waals surface area contributed by atoms with Crippen LogP contribution in [0.3, 0.4) is 0 Å². The summed E-state index contributed by atoms with van der Waals surface area (Å²) >= 11 is 11.9. The Kier molecular flexibility index (Phi) is 5.11. The summed E-state index contributed by atoms with van der Waals surface area (Å²) in [4.78, 5) is 10.1. The molecule has 126 valence electrons. The van der Waals surface area contributed by atoms with Gasteiger partial charge < -0.3 is 4.42 Å². The molecule has 0 spiro atoms. The van der Waals surface area contributed by atoms with Crippen molar-refractivity contribution in [1.82, 2.24) is 0 Å². The van der Waals surface area contributed by atoms with Gasteiger partial charge in [-0.25, -0.2) is 0 Å². The number of halogens is 2. The first-order chi connectivity index (χ1) is 12.0. The molecule has 1 aromatic heterocycles. The molecule has 0 aliphatic heterocycles. The van der Waals surface area contributed by atoms with E-state index in [2.05, 4.69) is 10.2 Å². The van der Waals surface area contributed by atoms with Crippen LogP contribution < -0.4 is 0 Å². The van der Waals surface area contributed by atoms with Crippen LogP contribution in [-0.4, -0.2) is 4.92 Å². The average molecular weight is 376 g/mol. The van der Waals surface area contributed by atoms with Crippen molar-refractivity contribution < 1.29 is 9.34 Å². The standard InChI is InChI=1S/C17H11Cl2N3O3/c18-15-7-1-11(9-16(15)19)17-8-6-14(25-17)10-20-21-12-2-4-13(5-3-12)22(23)24/h1-9H,10H2. The minimum atomic E-state index is -0.464. The lowest BCUT2D eigenvalue weighted by molar-refractivity contribution is -0.384. The lowest BCUT2D eigenvalue weighted by atomic mass is 10.2. The van der Waals surface area contributed by atoms with Gasteiger partial charge in [-0.2, -0.15) is 10.2 Å². The van der Waals surface area contributed by atoms with E-state index >= 15 is 0 Å². The van der Waals surface area contributed by atoms with E-state index in [1.165, 1.54) is 24.3 Å². The smallest absolute Gasteiger partial charge is 0.269 e. The van der Waals surface area contributed by atoms with Crippen LogP contribution in [0.25, 0.3) is 11.3 Å². The molecule has 0 aliphatic carbocycles. The fraction of sp³-hybridized carbons (Fsp3) is 0.0588. The monoisotopic (exact) mass is 375 g/mol. The molecule has 0 N–H and O–H groups in total. The number of hydrogen-bond donors (Lipinski definition) is 0. The normalized spacial score (nSPS) is 11.1. The van der Waals surface area contributed by atoms with Gasteiger partial charge in [-0.1, -0.05) is 23.2 Å². The third-order valence-electron chi connectivity index (χ3n) is 3.34. The molecule has 25 heavy (non-hydrogen) atoms. The number of nitro groups is 1. The van der Waals surface area contributed by atoms with Gasteiger partial charge in [-0.15, -0.1) is 0 Å². The molecule has 3 rings (SSSR count). The third-order valence-corrected chi connectivity index (χ3v) is 4.08. The molecule has 0 saturated carbocycles. The van der Waals surface area contributed by atoms with Crippen molar-refractivity contribution in [3.05, 3.63) is 80.5 Å². The van der Waals surface area contributed by atoms with E-state index in [-0.39, 0.29) is 12.2 Å². The van der Waals surface area contributed by atoms with Gasteiger partial charge in [0.15, 0.2) is 0 Å². The number of hydrogen-bond acceptors (Lipinski definition) is 5. The summed E-state index contributed by atoms with van der Waals surface area (Å²) in [5.41, 5.74) is 1.35. The highest BCUT2D eigenvalue weighted by atomic mass is 35.5. The Bertz CT molecular complexity index is 937. The van der Waals surface area contributed by atoms with Crippen molar-refractivity contribution in [2.75, 3.05) is 0 Å². The van der Waals surface area contributed by atoms with Gasteiger partial charge in [0.1, 0.15) is 18.1 Å². The fourth-order valence-electron chi connectivity index (χ4n) is 2.10. The Morgan fingerprint density at radius 2 is 1.76 bits per heavy atom. The molecule has 1 heterocycles. The summed E-state index contributed by atoms with van der Waals surface area (Å²) in [6.45, 7) is 0.248. The molecule has 0 amide bonds. The zero-order valence-corrected chi connectivity index (χ0v) is 14.2. The minimum absolute atomic E-state index is 0.0104. The predicted molar refractivity (Wildman–Crippen MR) is 95.5 cm³/mol. The maximum atomic E-state index is 10.6. The van der Waals surface area contributed by atoms with E-state index in [4.69, 9.17) is 27.6 Å². The largest absolute Gasteiger partial charge is 0.459 e. The molecule has 0 unspecified atom stereocenters. The minimum Gasteiger partial charge on any atom is -0.459 e. The van der Waals surface area contributed by atoms with E-state index in [0.29, 0.717) is 27.3 Å². The predicted octanol–water partition coefficient (Wildman–Crippen LogP) is 6.45. The van der Waals surface area contributed by atoms with Crippen LogP contribution in [0.1, 0.15) is 5.76 Å². The molecular formula is C17H11Cl2N3O3. The number of rotatable bonds is 5. The molecule has 8 heteroatoms. The summed E-state index contributed by atoms with van der Waals surface area (Å²) in [6.07, 6.45) is 0. The van der Waals surface area contributed by atoms with E-state index < -0.39 is 4.92 Å². The SMILES string of the molecule is O=[N+]([O-])c1ccc(N=NCc2ccc(-c3ccc(Cl)c(Cl)c3)o2)cc1. The second kappa shape index (κ2) is 7.46. The first-order valence-electron chi connectivity index (χ1n) is 7.19. The summed E-state index contributed by atoms with van der Waals surface area (Å²) in [7, 11) is 0. The number of nitrogens with zero attached hydrogens (tertiary/aromatic N) is 3. The average Bonchev–Trinajstić information content (AvgIpc) is 3.07. The molecule has 0 fully saturated rings. The number of nitro benzene ring substituents is 1. The number of non-ortho nitro benzene ring substituents is 1. The van der Waals surface area contributed by atoms with E-state index in [1.807, 2.05) is 12.1 Å². The molecule has 0 aliphatic rings. The zero-order chi connectivity index (χ0) is 17.8. The number of furan rings is 1. The first-order valence-corrected chi connectivity index (χ1v) is 7.94. The molecule has 0 atom stereocenters. The lowest BCUT2D eigenvalue weighted by Gasteiger charge is -1.99. The van der Waals surface area contributed by atoms with Crippen LogP contribution in [0.15, 0.2) is 69.2 Å². The molecule has 0 radical (unpaired) electrons. The topological polar surface area (TPSA) is 81.0 Å². The Balaban J connectivity index is 1.67. The van der Waals surface area contributed by atoms with Gasteiger partial charge >= 0.3 is 0 Å². The highest BCUT2D eigenvalue weighted by molar-refractivity contribution is 6.42.